The molecular formula is C11H15NO2. The third kappa shape index (κ3) is 2.12. The van der Waals surface area contributed by atoms with Crippen LogP contribution in [0.2, 0.25) is 0 Å². The largest absolute Gasteiger partial charge is 0.465 e. The molecule has 2 N–H and O–H groups in total. The van der Waals surface area contributed by atoms with Gasteiger partial charge in [-0.1, -0.05) is 25.1 Å². The highest BCUT2D eigenvalue weighted by Crippen LogP contribution is 2.18. The van der Waals surface area contributed by atoms with Gasteiger partial charge in [-0.25, -0.2) is 4.79 Å². The molecule has 0 bridgehead atoms. The van der Waals surface area contributed by atoms with E-state index in [-0.39, 0.29) is 12.0 Å². The van der Waals surface area contributed by atoms with Crippen LogP contribution in [-0.4, -0.2) is 13.1 Å². The first-order valence-corrected chi connectivity index (χ1v) is 4.63. The van der Waals surface area contributed by atoms with E-state index in [9.17, 15) is 4.79 Å². The third-order valence-electron chi connectivity index (χ3n) is 2.21. The molecule has 1 rings (SSSR count). The molecule has 3 nitrogen and oxygen atoms in total. The molecule has 0 aliphatic carbocycles. The summed E-state index contributed by atoms with van der Waals surface area (Å²) in [7, 11) is 1.37. The first-order valence-electron chi connectivity index (χ1n) is 4.63. The highest BCUT2D eigenvalue weighted by atomic mass is 16.5. The summed E-state index contributed by atoms with van der Waals surface area (Å²) in [5.74, 6) is -0.329. The van der Waals surface area contributed by atoms with Crippen molar-refractivity contribution in [2.75, 3.05) is 7.11 Å². The first-order chi connectivity index (χ1) is 6.70. The van der Waals surface area contributed by atoms with Gasteiger partial charge in [0.15, 0.2) is 0 Å². The van der Waals surface area contributed by atoms with E-state index in [4.69, 9.17) is 5.73 Å². The molecule has 14 heavy (non-hydrogen) atoms. The van der Waals surface area contributed by atoms with Gasteiger partial charge in [-0.2, -0.15) is 0 Å². The second-order valence-electron chi connectivity index (χ2n) is 3.09. The number of ether oxygens (including phenoxy) is 1. The number of hydrogen-bond donors (Lipinski definition) is 1. The summed E-state index contributed by atoms with van der Waals surface area (Å²) < 4.78 is 4.68. The monoisotopic (exact) mass is 193 g/mol. The Morgan fingerprint density at radius 3 is 2.71 bits per heavy atom. The molecule has 0 heterocycles. The van der Waals surface area contributed by atoms with Crippen molar-refractivity contribution in [3.05, 3.63) is 35.4 Å². The Balaban J connectivity index is 3.09. The van der Waals surface area contributed by atoms with Crippen molar-refractivity contribution in [1.82, 2.24) is 0 Å². The van der Waals surface area contributed by atoms with Crippen LogP contribution in [-0.2, 0) is 4.74 Å². The Bertz CT molecular complexity index is 323. The van der Waals surface area contributed by atoms with E-state index in [1.54, 1.807) is 12.1 Å². The maximum atomic E-state index is 11.4. The van der Waals surface area contributed by atoms with E-state index in [2.05, 4.69) is 4.74 Å². The minimum absolute atomic E-state index is 0.106. The third-order valence-corrected chi connectivity index (χ3v) is 2.21. The van der Waals surface area contributed by atoms with E-state index in [0.717, 1.165) is 12.0 Å². The van der Waals surface area contributed by atoms with Crippen LogP contribution in [0.25, 0.3) is 0 Å². The van der Waals surface area contributed by atoms with Gasteiger partial charge in [-0.3, -0.25) is 0 Å². The molecule has 3 heteroatoms. The van der Waals surface area contributed by atoms with Crippen molar-refractivity contribution in [2.24, 2.45) is 5.73 Å². The molecule has 0 fully saturated rings. The fraction of sp³-hybridized carbons (Fsp3) is 0.364. The highest BCUT2D eigenvalue weighted by molar-refractivity contribution is 5.91. The summed E-state index contributed by atoms with van der Waals surface area (Å²) in [5, 5.41) is 0. The Morgan fingerprint density at radius 1 is 1.50 bits per heavy atom. The number of benzene rings is 1. The van der Waals surface area contributed by atoms with Gasteiger partial charge in [0.1, 0.15) is 0 Å². The molecule has 76 valence electrons. The number of nitrogens with two attached hydrogens (primary N) is 1. The van der Waals surface area contributed by atoms with Crippen molar-refractivity contribution in [3.8, 4) is 0 Å². The fourth-order valence-electron chi connectivity index (χ4n) is 1.34. The Labute approximate surface area is 83.9 Å². The number of carbonyl (C=O) groups is 1. The average Bonchev–Trinajstić information content (AvgIpc) is 2.27. The summed E-state index contributed by atoms with van der Waals surface area (Å²) in [6.45, 7) is 1.98. The van der Waals surface area contributed by atoms with Crippen molar-refractivity contribution < 1.29 is 9.53 Å². The minimum atomic E-state index is -0.329. The molecule has 0 aliphatic rings. The molecule has 0 aliphatic heterocycles. The summed E-state index contributed by atoms with van der Waals surface area (Å²) >= 11 is 0. The second-order valence-corrected chi connectivity index (χ2v) is 3.09. The SMILES string of the molecule is CC[C@H](N)c1ccccc1C(=O)OC. The normalized spacial score (nSPS) is 12.2. The summed E-state index contributed by atoms with van der Waals surface area (Å²) in [6.07, 6.45) is 0.800. The molecule has 0 unspecified atom stereocenters. The molecule has 0 radical (unpaired) electrons. The highest BCUT2D eigenvalue weighted by Gasteiger charge is 2.14. The van der Waals surface area contributed by atoms with E-state index in [1.165, 1.54) is 7.11 Å². The smallest absolute Gasteiger partial charge is 0.338 e. The zero-order chi connectivity index (χ0) is 10.6. The second kappa shape index (κ2) is 4.77. The van der Waals surface area contributed by atoms with E-state index in [0.29, 0.717) is 5.56 Å². The average molecular weight is 193 g/mol. The maximum Gasteiger partial charge on any atom is 0.338 e. The van der Waals surface area contributed by atoms with Crippen molar-refractivity contribution >= 4 is 5.97 Å². The van der Waals surface area contributed by atoms with E-state index >= 15 is 0 Å². The molecule has 0 spiro atoms. The lowest BCUT2D eigenvalue weighted by Crippen LogP contribution is -2.14. The Kier molecular flexibility index (Phi) is 3.65. The van der Waals surface area contributed by atoms with Crippen LogP contribution in [0.3, 0.4) is 0 Å². The topological polar surface area (TPSA) is 52.3 Å². The van der Waals surface area contributed by atoms with Crippen LogP contribution in [0.4, 0.5) is 0 Å². The Morgan fingerprint density at radius 2 is 2.14 bits per heavy atom. The van der Waals surface area contributed by atoms with Gasteiger partial charge in [0.2, 0.25) is 0 Å². The zero-order valence-electron chi connectivity index (χ0n) is 8.49. The molecule has 0 saturated heterocycles. The maximum absolute atomic E-state index is 11.4. The van der Waals surface area contributed by atoms with Gasteiger partial charge in [0.05, 0.1) is 12.7 Å². The quantitative estimate of drug-likeness (QED) is 0.746. The van der Waals surface area contributed by atoms with Gasteiger partial charge in [-0.15, -0.1) is 0 Å². The molecule has 0 aromatic heterocycles. The lowest BCUT2D eigenvalue weighted by Gasteiger charge is -2.12. The molecule has 0 amide bonds. The van der Waals surface area contributed by atoms with Crippen LogP contribution in [0.15, 0.2) is 24.3 Å². The van der Waals surface area contributed by atoms with Gasteiger partial charge >= 0.3 is 5.97 Å². The number of carbonyl (C=O) groups excluding carboxylic acids is 1. The number of rotatable bonds is 3. The van der Waals surface area contributed by atoms with Crippen LogP contribution < -0.4 is 5.73 Å². The Hall–Kier alpha value is -1.35. The summed E-state index contributed by atoms with van der Waals surface area (Å²) in [6, 6.07) is 7.16. The van der Waals surface area contributed by atoms with Crippen LogP contribution >= 0.6 is 0 Å². The molecule has 0 saturated carbocycles. The minimum Gasteiger partial charge on any atom is -0.465 e. The fourth-order valence-corrected chi connectivity index (χ4v) is 1.34. The molecule has 1 atom stereocenters. The lowest BCUT2D eigenvalue weighted by molar-refractivity contribution is 0.0599. The lowest BCUT2D eigenvalue weighted by atomic mass is 9.99. The number of methoxy groups -OCH3 is 1. The van der Waals surface area contributed by atoms with Crippen molar-refractivity contribution in [2.45, 2.75) is 19.4 Å². The van der Waals surface area contributed by atoms with Crippen molar-refractivity contribution in [1.29, 1.82) is 0 Å². The van der Waals surface area contributed by atoms with Crippen LogP contribution in [0.5, 0.6) is 0 Å². The van der Waals surface area contributed by atoms with Crippen LogP contribution in [0.1, 0.15) is 35.3 Å². The summed E-state index contributed by atoms with van der Waals surface area (Å²) in [4.78, 5) is 11.4. The van der Waals surface area contributed by atoms with Gasteiger partial charge < -0.3 is 10.5 Å². The molecule has 1 aromatic rings. The predicted octanol–water partition coefficient (Wildman–Crippen LogP) is 1.88. The standard InChI is InChI=1S/C11H15NO2/c1-3-10(12)8-6-4-5-7-9(8)11(13)14-2/h4-7,10H,3,12H2,1-2H3/t10-/m0/s1. The van der Waals surface area contributed by atoms with Crippen LogP contribution in [0, 0.1) is 0 Å². The van der Waals surface area contributed by atoms with Gasteiger partial charge in [0, 0.05) is 6.04 Å². The van der Waals surface area contributed by atoms with E-state index < -0.39 is 0 Å². The zero-order valence-corrected chi connectivity index (χ0v) is 8.49. The van der Waals surface area contributed by atoms with Gasteiger partial charge in [-0.05, 0) is 18.1 Å². The van der Waals surface area contributed by atoms with Gasteiger partial charge in [0.25, 0.3) is 0 Å². The molecule has 1 aromatic carbocycles. The molecular weight excluding hydrogens is 178 g/mol. The number of hydrogen-bond acceptors (Lipinski definition) is 3. The number of esters is 1. The van der Waals surface area contributed by atoms with E-state index in [1.807, 2.05) is 19.1 Å². The first kappa shape index (κ1) is 10.7. The predicted molar refractivity (Wildman–Crippen MR) is 55.0 cm³/mol. The summed E-state index contributed by atoms with van der Waals surface area (Å²) in [5.41, 5.74) is 7.29. The van der Waals surface area contributed by atoms with Crippen molar-refractivity contribution in [3.63, 3.8) is 0 Å².